The van der Waals surface area contributed by atoms with E-state index < -0.39 is 0 Å². The fourth-order valence-electron chi connectivity index (χ4n) is 3.00. The first kappa shape index (κ1) is 15.5. The number of nitrogens with zero attached hydrogens (tertiary/aromatic N) is 4. The zero-order valence-electron chi connectivity index (χ0n) is 13.7. The van der Waals surface area contributed by atoms with Crippen LogP contribution in [0.1, 0.15) is 22.2 Å². The van der Waals surface area contributed by atoms with Gasteiger partial charge in [0.15, 0.2) is 0 Å². The van der Waals surface area contributed by atoms with Crippen LogP contribution in [-0.2, 0) is 11.3 Å². The van der Waals surface area contributed by atoms with Gasteiger partial charge in [0.2, 0.25) is 0 Å². The molecule has 8 nitrogen and oxygen atoms in total. The number of aromatic nitrogens is 4. The van der Waals surface area contributed by atoms with Crippen molar-refractivity contribution in [2.75, 3.05) is 20.3 Å². The molecule has 8 heteroatoms. The van der Waals surface area contributed by atoms with Crippen LogP contribution in [0.5, 0.6) is 5.75 Å². The summed E-state index contributed by atoms with van der Waals surface area (Å²) in [5.41, 5.74) is 2.28. The van der Waals surface area contributed by atoms with Crippen molar-refractivity contribution in [1.82, 2.24) is 24.8 Å². The summed E-state index contributed by atoms with van der Waals surface area (Å²) in [4.78, 5) is 24.6. The fraction of sp³-hybridized carbons (Fsp3) is 0.294. The number of nitrogens with one attached hydrogen (secondary N) is 1. The highest BCUT2D eigenvalue weighted by Crippen LogP contribution is 2.28. The first-order valence-corrected chi connectivity index (χ1v) is 7.92. The molecule has 0 radical (unpaired) electrons. The average Bonchev–Trinajstić information content (AvgIpc) is 3.05. The molecular weight excluding hydrogens is 322 g/mol. The number of hydrogen-bond donors (Lipinski definition) is 1. The zero-order chi connectivity index (χ0) is 17.2. The number of ether oxygens (including phenoxy) is 2. The van der Waals surface area contributed by atoms with E-state index in [9.17, 15) is 4.79 Å². The van der Waals surface area contributed by atoms with Gasteiger partial charge >= 0.3 is 0 Å². The molecule has 0 saturated heterocycles. The standard InChI is InChI=1S/C17H17N5O3/c1-24-13-2-3-14-15(4-13)22-12(8-25-9-16(22)21-14)7-20-17(23)11-5-18-10-19-6-11/h2-6,10,12H,7-9H2,1H3,(H,20,23)/t12-/m0/s1. The molecule has 1 aromatic carbocycles. The number of methoxy groups -OCH3 is 1. The second-order valence-electron chi connectivity index (χ2n) is 5.76. The topological polar surface area (TPSA) is 91.2 Å². The Morgan fingerprint density at radius 3 is 3.04 bits per heavy atom. The lowest BCUT2D eigenvalue weighted by Gasteiger charge is -2.26. The Labute approximate surface area is 143 Å². The van der Waals surface area contributed by atoms with Crippen molar-refractivity contribution in [3.05, 3.63) is 48.3 Å². The summed E-state index contributed by atoms with van der Waals surface area (Å²) in [6.45, 7) is 1.37. The summed E-state index contributed by atoms with van der Waals surface area (Å²) in [5, 5.41) is 2.91. The monoisotopic (exact) mass is 339 g/mol. The first-order chi connectivity index (χ1) is 12.3. The lowest BCUT2D eigenvalue weighted by Crippen LogP contribution is -2.35. The first-order valence-electron chi connectivity index (χ1n) is 7.92. The molecule has 0 fully saturated rings. The number of amides is 1. The molecule has 0 saturated carbocycles. The second-order valence-corrected chi connectivity index (χ2v) is 5.76. The Balaban J connectivity index is 1.59. The van der Waals surface area contributed by atoms with Crippen LogP contribution in [0.25, 0.3) is 11.0 Å². The van der Waals surface area contributed by atoms with Crippen LogP contribution >= 0.6 is 0 Å². The van der Waals surface area contributed by atoms with E-state index in [-0.39, 0.29) is 11.9 Å². The van der Waals surface area contributed by atoms with Crippen LogP contribution in [0.2, 0.25) is 0 Å². The van der Waals surface area contributed by atoms with Gasteiger partial charge in [-0.15, -0.1) is 0 Å². The molecule has 1 aliphatic heterocycles. The smallest absolute Gasteiger partial charge is 0.254 e. The Morgan fingerprint density at radius 1 is 1.40 bits per heavy atom. The molecule has 3 heterocycles. The minimum Gasteiger partial charge on any atom is -0.497 e. The lowest BCUT2D eigenvalue weighted by atomic mass is 10.2. The van der Waals surface area contributed by atoms with Gasteiger partial charge in [0.25, 0.3) is 5.91 Å². The highest BCUT2D eigenvalue weighted by Gasteiger charge is 2.25. The van der Waals surface area contributed by atoms with E-state index in [4.69, 9.17) is 9.47 Å². The molecule has 25 heavy (non-hydrogen) atoms. The van der Waals surface area contributed by atoms with Gasteiger partial charge in [-0.2, -0.15) is 0 Å². The number of imidazole rings is 1. The third kappa shape index (κ3) is 2.91. The highest BCUT2D eigenvalue weighted by molar-refractivity contribution is 5.93. The predicted octanol–water partition coefficient (Wildman–Crippen LogP) is 1.34. The largest absolute Gasteiger partial charge is 0.497 e. The van der Waals surface area contributed by atoms with E-state index in [0.717, 1.165) is 22.6 Å². The van der Waals surface area contributed by atoms with Crippen LogP contribution in [0.4, 0.5) is 0 Å². The van der Waals surface area contributed by atoms with Gasteiger partial charge in [-0.3, -0.25) is 4.79 Å². The third-order valence-electron chi connectivity index (χ3n) is 4.20. The Morgan fingerprint density at radius 2 is 2.24 bits per heavy atom. The zero-order valence-corrected chi connectivity index (χ0v) is 13.7. The molecule has 128 valence electrons. The number of rotatable bonds is 4. The van der Waals surface area contributed by atoms with Crippen LogP contribution in [0.15, 0.2) is 36.9 Å². The summed E-state index contributed by atoms with van der Waals surface area (Å²) >= 11 is 0. The van der Waals surface area contributed by atoms with Crippen molar-refractivity contribution in [3.8, 4) is 5.75 Å². The van der Waals surface area contributed by atoms with Gasteiger partial charge in [-0.05, 0) is 12.1 Å². The van der Waals surface area contributed by atoms with Crippen molar-refractivity contribution in [1.29, 1.82) is 0 Å². The van der Waals surface area contributed by atoms with Crippen molar-refractivity contribution in [2.45, 2.75) is 12.6 Å². The second kappa shape index (κ2) is 6.48. The Bertz CT molecular complexity index is 909. The van der Waals surface area contributed by atoms with Crippen LogP contribution in [0.3, 0.4) is 0 Å². The third-order valence-corrected chi connectivity index (χ3v) is 4.20. The van der Waals surface area contributed by atoms with Crippen molar-refractivity contribution >= 4 is 16.9 Å². The van der Waals surface area contributed by atoms with E-state index in [0.29, 0.717) is 25.3 Å². The molecule has 0 unspecified atom stereocenters. The van der Waals surface area contributed by atoms with Gasteiger partial charge < -0.3 is 19.4 Å². The van der Waals surface area contributed by atoms with Crippen LogP contribution in [0, 0.1) is 0 Å². The molecule has 1 N–H and O–H groups in total. The molecule has 3 aromatic rings. The number of carbonyl (C=O) groups excluding carboxylic acids is 1. The summed E-state index contributed by atoms with van der Waals surface area (Å²) in [7, 11) is 1.64. The van der Waals surface area contributed by atoms with Gasteiger partial charge in [-0.25, -0.2) is 15.0 Å². The molecule has 0 spiro atoms. The summed E-state index contributed by atoms with van der Waals surface area (Å²) in [6, 6.07) is 5.72. The van der Waals surface area contributed by atoms with E-state index >= 15 is 0 Å². The maximum atomic E-state index is 12.2. The minimum atomic E-state index is -0.213. The van der Waals surface area contributed by atoms with E-state index in [1.165, 1.54) is 18.7 Å². The van der Waals surface area contributed by atoms with Gasteiger partial charge in [0.1, 0.15) is 24.5 Å². The maximum absolute atomic E-state index is 12.2. The molecule has 0 aliphatic carbocycles. The number of carbonyl (C=O) groups is 1. The summed E-state index contributed by atoms with van der Waals surface area (Å²) in [5.74, 6) is 1.40. The highest BCUT2D eigenvalue weighted by atomic mass is 16.5. The van der Waals surface area contributed by atoms with Crippen LogP contribution < -0.4 is 10.1 Å². The van der Waals surface area contributed by atoms with Gasteiger partial charge in [-0.1, -0.05) is 0 Å². The Hall–Kier alpha value is -3.00. The summed E-state index contributed by atoms with van der Waals surface area (Å²) < 4.78 is 13.1. The Kier molecular flexibility index (Phi) is 4.02. The van der Waals surface area contributed by atoms with Crippen LogP contribution in [-0.4, -0.2) is 45.7 Å². The van der Waals surface area contributed by atoms with E-state index in [2.05, 4.69) is 24.8 Å². The molecule has 0 bridgehead atoms. The quantitative estimate of drug-likeness (QED) is 0.771. The minimum absolute atomic E-state index is 0.0468. The van der Waals surface area contributed by atoms with Gasteiger partial charge in [0, 0.05) is 25.0 Å². The van der Waals surface area contributed by atoms with Crippen molar-refractivity contribution < 1.29 is 14.3 Å². The summed E-state index contributed by atoms with van der Waals surface area (Å²) in [6.07, 6.45) is 4.37. The number of benzene rings is 1. The molecule has 2 aromatic heterocycles. The normalized spacial score (nSPS) is 16.4. The average molecular weight is 339 g/mol. The number of fused-ring (bicyclic) bond motifs is 3. The van der Waals surface area contributed by atoms with E-state index in [1.807, 2.05) is 18.2 Å². The van der Waals surface area contributed by atoms with Crippen molar-refractivity contribution in [3.63, 3.8) is 0 Å². The molecular formula is C17H17N5O3. The molecule has 1 atom stereocenters. The van der Waals surface area contributed by atoms with E-state index in [1.54, 1.807) is 7.11 Å². The maximum Gasteiger partial charge on any atom is 0.254 e. The van der Waals surface area contributed by atoms with Crippen molar-refractivity contribution in [2.24, 2.45) is 0 Å². The molecule has 1 amide bonds. The molecule has 1 aliphatic rings. The lowest BCUT2D eigenvalue weighted by molar-refractivity contribution is 0.0553. The molecule has 4 rings (SSSR count). The SMILES string of the molecule is COc1ccc2nc3n(c2c1)[C@@H](CNC(=O)c1cncnc1)COC3. The predicted molar refractivity (Wildman–Crippen MR) is 89.3 cm³/mol. The fourth-order valence-corrected chi connectivity index (χ4v) is 3.00. The van der Waals surface area contributed by atoms with Gasteiger partial charge in [0.05, 0.1) is 36.4 Å². The number of hydrogen-bond acceptors (Lipinski definition) is 6.